The van der Waals surface area contributed by atoms with Gasteiger partial charge in [0.2, 0.25) is 0 Å². The average molecular weight is 532 g/mol. The Morgan fingerprint density at radius 1 is 1.13 bits per heavy atom. The van der Waals surface area contributed by atoms with E-state index in [0.717, 1.165) is 59.1 Å². The lowest BCUT2D eigenvalue weighted by molar-refractivity contribution is 0.0857. The number of carbonyl (C=O) groups is 1. The molecule has 7 nitrogen and oxygen atoms in total. The van der Waals surface area contributed by atoms with Gasteiger partial charge in [-0.05, 0) is 49.9 Å². The molecule has 1 aliphatic rings. The topological polar surface area (TPSA) is 74.6 Å². The molecule has 5 rings (SSSR count). The fourth-order valence-corrected chi connectivity index (χ4v) is 5.68. The summed E-state index contributed by atoms with van der Waals surface area (Å²) in [6, 6.07) is 18.1. The van der Waals surface area contributed by atoms with Crippen LogP contribution in [0.3, 0.4) is 0 Å². The summed E-state index contributed by atoms with van der Waals surface area (Å²) < 4.78 is 18.8. The zero-order valence-electron chi connectivity index (χ0n) is 22.0. The van der Waals surface area contributed by atoms with Crippen LogP contribution in [0.15, 0.2) is 60.0 Å². The van der Waals surface area contributed by atoms with Crippen LogP contribution in [0.2, 0.25) is 0 Å². The third kappa shape index (κ3) is 5.61. The molecule has 1 amide bonds. The lowest BCUT2D eigenvalue weighted by Gasteiger charge is -2.13. The Hall–Kier alpha value is -3.62. The van der Waals surface area contributed by atoms with Crippen LogP contribution in [-0.2, 0) is 17.7 Å². The highest BCUT2D eigenvalue weighted by molar-refractivity contribution is 7.13. The van der Waals surface area contributed by atoms with E-state index in [0.29, 0.717) is 30.2 Å². The summed E-state index contributed by atoms with van der Waals surface area (Å²) in [4.78, 5) is 18.2. The number of hydrogen-bond donors (Lipinski definition) is 1. The van der Waals surface area contributed by atoms with Crippen LogP contribution in [-0.4, -0.2) is 48.9 Å². The molecule has 198 valence electrons. The molecule has 3 heterocycles. The molecule has 2 aromatic carbocycles. The van der Waals surface area contributed by atoms with Crippen molar-refractivity contribution in [2.75, 3.05) is 27.4 Å². The molecule has 1 saturated heterocycles. The fourth-order valence-electron chi connectivity index (χ4n) is 4.86. The normalized spacial score (nSPS) is 15.0. The van der Waals surface area contributed by atoms with E-state index in [2.05, 4.69) is 27.4 Å². The highest BCUT2D eigenvalue weighted by atomic mass is 32.1. The summed E-state index contributed by atoms with van der Waals surface area (Å²) in [6.07, 6.45) is 2.88. The van der Waals surface area contributed by atoms with E-state index in [1.165, 1.54) is 0 Å². The van der Waals surface area contributed by atoms with Crippen LogP contribution in [0, 0.1) is 6.92 Å². The quantitative estimate of drug-likeness (QED) is 0.282. The Balaban J connectivity index is 1.44. The zero-order chi connectivity index (χ0) is 26.5. The summed E-state index contributed by atoms with van der Waals surface area (Å²) in [5, 5.41) is 6.10. The molecule has 8 heteroatoms. The molecule has 38 heavy (non-hydrogen) atoms. The van der Waals surface area contributed by atoms with Crippen molar-refractivity contribution in [2.24, 2.45) is 0 Å². The van der Waals surface area contributed by atoms with Crippen molar-refractivity contribution in [3.05, 3.63) is 76.8 Å². The highest BCUT2D eigenvalue weighted by Crippen LogP contribution is 2.32. The molecule has 1 N–H and O–H groups in total. The van der Waals surface area contributed by atoms with E-state index in [1.54, 1.807) is 25.6 Å². The molecule has 0 saturated carbocycles. The smallest absolute Gasteiger partial charge is 0.253 e. The van der Waals surface area contributed by atoms with Gasteiger partial charge in [-0.25, -0.2) is 4.98 Å². The second kappa shape index (κ2) is 11.8. The zero-order valence-corrected chi connectivity index (χ0v) is 22.8. The SMILES string of the molecule is COc1ccc(CCn2c(-c3csc(-c4ccccc4)n3)cc(C(=O)NCC3CCCO3)c2C)cc1OC. The van der Waals surface area contributed by atoms with Gasteiger partial charge in [0.25, 0.3) is 5.91 Å². The van der Waals surface area contributed by atoms with Crippen LogP contribution < -0.4 is 14.8 Å². The summed E-state index contributed by atoms with van der Waals surface area (Å²) in [5.74, 6) is 1.33. The van der Waals surface area contributed by atoms with E-state index in [-0.39, 0.29) is 12.0 Å². The van der Waals surface area contributed by atoms with Crippen molar-refractivity contribution >= 4 is 17.2 Å². The van der Waals surface area contributed by atoms with Crippen LogP contribution >= 0.6 is 11.3 Å². The van der Waals surface area contributed by atoms with Crippen LogP contribution in [0.4, 0.5) is 0 Å². The van der Waals surface area contributed by atoms with Crippen LogP contribution in [0.5, 0.6) is 11.5 Å². The highest BCUT2D eigenvalue weighted by Gasteiger charge is 2.22. The number of nitrogens with one attached hydrogen (secondary N) is 1. The number of hydrogen-bond acceptors (Lipinski definition) is 6. The van der Waals surface area contributed by atoms with Gasteiger partial charge in [0, 0.05) is 36.3 Å². The van der Waals surface area contributed by atoms with Gasteiger partial charge in [-0.1, -0.05) is 36.4 Å². The molecule has 1 fully saturated rings. The standard InChI is InChI=1S/C30H33N3O4S/c1-20-24(29(34)31-18-23-10-7-15-37-23)17-26(25-19-38-30(32-25)22-8-5-4-6-9-22)33(20)14-13-21-11-12-27(35-2)28(16-21)36-3/h4-6,8-9,11-12,16-17,19,23H,7,10,13-15,18H2,1-3H3,(H,31,34). The van der Waals surface area contributed by atoms with E-state index in [1.807, 2.05) is 49.4 Å². The van der Waals surface area contributed by atoms with E-state index >= 15 is 0 Å². The first-order chi connectivity index (χ1) is 18.6. The van der Waals surface area contributed by atoms with Crippen molar-refractivity contribution in [2.45, 2.75) is 38.8 Å². The predicted molar refractivity (Wildman–Crippen MR) is 150 cm³/mol. The number of benzene rings is 2. The summed E-state index contributed by atoms with van der Waals surface area (Å²) in [7, 11) is 3.28. The minimum absolute atomic E-state index is 0.0809. The van der Waals surface area contributed by atoms with Gasteiger partial charge in [-0.2, -0.15) is 0 Å². The monoisotopic (exact) mass is 531 g/mol. The molecular formula is C30H33N3O4S. The molecule has 2 aromatic heterocycles. The van der Waals surface area contributed by atoms with E-state index < -0.39 is 0 Å². The summed E-state index contributed by atoms with van der Waals surface area (Å²) in [5.41, 5.74) is 5.58. The van der Waals surface area contributed by atoms with Gasteiger partial charge in [0.1, 0.15) is 5.01 Å². The largest absolute Gasteiger partial charge is 0.493 e. The lowest BCUT2D eigenvalue weighted by Crippen LogP contribution is -2.32. The molecule has 0 aliphatic carbocycles. The van der Waals surface area contributed by atoms with Crippen molar-refractivity contribution < 1.29 is 19.0 Å². The fraction of sp³-hybridized carbons (Fsp3) is 0.333. The Morgan fingerprint density at radius 3 is 2.68 bits per heavy atom. The second-order valence-corrected chi connectivity index (χ2v) is 10.2. The first kappa shape index (κ1) is 26.0. The number of carbonyl (C=O) groups excluding carboxylic acids is 1. The number of aromatic nitrogens is 2. The molecule has 0 spiro atoms. The third-order valence-corrected chi connectivity index (χ3v) is 7.88. The van der Waals surface area contributed by atoms with Gasteiger partial charge in [0.15, 0.2) is 11.5 Å². The van der Waals surface area contributed by atoms with Gasteiger partial charge in [-0.3, -0.25) is 4.79 Å². The maximum Gasteiger partial charge on any atom is 0.253 e. The molecular weight excluding hydrogens is 498 g/mol. The number of aryl methyl sites for hydroxylation is 1. The lowest BCUT2D eigenvalue weighted by atomic mass is 10.1. The first-order valence-electron chi connectivity index (χ1n) is 12.9. The molecule has 0 radical (unpaired) electrons. The second-order valence-electron chi connectivity index (χ2n) is 9.37. The van der Waals surface area contributed by atoms with Crippen LogP contribution in [0.1, 0.15) is 34.5 Å². The number of rotatable bonds is 10. The Kier molecular flexibility index (Phi) is 8.10. The van der Waals surface area contributed by atoms with Crippen molar-refractivity contribution in [1.29, 1.82) is 0 Å². The minimum atomic E-state index is -0.0809. The molecule has 1 atom stereocenters. The molecule has 1 aliphatic heterocycles. The maximum atomic E-state index is 13.2. The first-order valence-corrected chi connectivity index (χ1v) is 13.8. The van der Waals surface area contributed by atoms with Crippen LogP contribution in [0.25, 0.3) is 22.0 Å². The Bertz CT molecular complexity index is 1390. The van der Waals surface area contributed by atoms with Gasteiger partial charge in [-0.15, -0.1) is 11.3 Å². The van der Waals surface area contributed by atoms with E-state index in [9.17, 15) is 4.79 Å². The number of thiazole rings is 1. The summed E-state index contributed by atoms with van der Waals surface area (Å²) in [6.45, 7) is 3.99. The predicted octanol–water partition coefficient (Wildman–Crippen LogP) is 5.76. The van der Waals surface area contributed by atoms with Crippen molar-refractivity contribution in [1.82, 2.24) is 14.9 Å². The summed E-state index contributed by atoms with van der Waals surface area (Å²) >= 11 is 1.61. The van der Waals surface area contributed by atoms with Crippen molar-refractivity contribution in [3.8, 4) is 33.5 Å². The average Bonchev–Trinajstić information content (AvgIpc) is 3.72. The van der Waals surface area contributed by atoms with E-state index in [4.69, 9.17) is 19.2 Å². The minimum Gasteiger partial charge on any atom is -0.493 e. The number of nitrogens with zero attached hydrogens (tertiary/aromatic N) is 2. The molecule has 0 bridgehead atoms. The Labute approximate surface area is 227 Å². The molecule has 4 aromatic rings. The third-order valence-electron chi connectivity index (χ3n) is 6.98. The maximum absolute atomic E-state index is 13.2. The van der Waals surface area contributed by atoms with Crippen molar-refractivity contribution in [3.63, 3.8) is 0 Å². The number of methoxy groups -OCH3 is 2. The van der Waals surface area contributed by atoms with Gasteiger partial charge in [0.05, 0.1) is 37.3 Å². The number of ether oxygens (including phenoxy) is 3. The Morgan fingerprint density at radius 2 is 1.95 bits per heavy atom. The van der Waals surface area contributed by atoms with Gasteiger partial charge >= 0.3 is 0 Å². The number of amides is 1. The molecule has 1 unspecified atom stereocenters. The van der Waals surface area contributed by atoms with Gasteiger partial charge < -0.3 is 24.1 Å².